The molecule has 0 atom stereocenters. The van der Waals surface area contributed by atoms with E-state index in [4.69, 9.17) is 21.1 Å². The molecule has 0 saturated carbocycles. The number of non-ortho nitro benzene ring substituents is 1. The molecule has 24 heavy (non-hydrogen) atoms. The number of esters is 1. The average Bonchev–Trinajstić information content (AvgIpc) is 2.53. The van der Waals surface area contributed by atoms with Gasteiger partial charge in [0.05, 0.1) is 9.85 Å². The lowest BCUT2D eigenvalue weighted by molar-refractivity contribution is -0.385. The third kappa shape index (κ3) is 4.40. The maximum Gasteiger partial charge on any atom is 0.349 e. The molecule has 0 unspecified atom stereocenters. The van der Waals surface area contributed by atoms with E-state index in [0.29, 0.717) is 0 Å². The molecule has 124 valence electrons. The standard InChI is InChI=1S/C14H9ClN2O7/c15-12-7-11(5-6-13(12)17(21)22)24-14(18)8-23-10-3-1-9(2-4-10)16(19)20/h1-7H,8H2. The zero-order valence-corrected chi connectivity index (χ0v) is 12.6. The van der Waals surface area contributed by atoms with Crippen LogP contribution in [-0.2, 0) is 4.79 Å². The van der Waals surface area contributed by atoms with Crippen LogP contribution in [0.15, 0.2) is 42.5 Å². The zero-order chi connectivity index (χ0) is 17.7. The molecule has 0 aromatic heterocycles. The molecule has 0 aliphatic heterocycles. The van der Waals surface area contributed by atoms with Gasteiger partial charge in [-0.2, -0.15) is 0 Å². The Hall–Kier alpha value is -3.20. The smallest absolute Gasteiger partial charge is 0.349 e. The number of rotatable bonds is 6. The molecule has 0 aliphatic carbocycles. The van der Waals surface area contributed by atoms with Crippen molar-refractivity contribution in [2.24, 2.45) is 0 Å². The van der Waals surface area contributed by atoms with E-state index in [9.17, 15) is 25.0 Å². The van der Waals surface area contributed by atoms with Crippen molar-refractivity contribution in [2.45, 2.75) is 0 Å². The van der Waals surface area contributed by atoms with E-state index in [2.05, 4.69) is 0 Å². The van der Waals surface area contributed by atoms with Crippen LogP contribution in [0.2, 0.25) is 5.02 Å². The van der Waals surface area contributed by atoms with Crippen LogP contribution in [0.1, 0.15) is 0 Å². The molecule has 0 saturated heterocycles. The van der Waals surface area contributed by atoms with Gasteiger partial charge in [-0.05, 0) is 18.2 Å². The van der Waals surface area contributed by atoms with Crippen molar-refractivity contribution in [1.82, 2.24) is 0 Å². The minimum absolute atomic E-state index is 0.0305. The van der Waals surface area contributed by atoms with Gasteiger partial charge in [-0.25, -0.2) is 4.79 Å². The van der Waals surface area contributed by atoms with Crippen LogP contribution in [0.25, 0.3) is 0 Å². The Balaban J connectivity index is 1.92. The molecule has 0 radical (unpaired) electrons. The monoisotopic (exact) mass is 352 g/mol. The van der Waals surface area contributed by atoms with Gasteiger partial charge in [-0.3, -0.25) is 20.2 Å². The Morgan fingerprint density at radius 3 is 2.17 bits per heavy atom. The lowest BCUT2D eigenvalue weighted by Gasteiger charge is -2.07. The summed E-state index contributed by atoms with van der Waals surface area (Å²) in [5.41, 5.74) is -0.413. The SMILES string of the molecule is O=C(COc1ccc([N+](=O)[O-])cc1)Oc1ccc([N+](=O)[O-])c(Cl)c1. The van der Waals surface area contributed by atoms with Gasteiger partial charge in [0.25, 0.3) is 11.4 Å². The van der Waals surface area contributed by atoms with Crippen LogP contribution in [0.4, 0.5) is 11.4 Å². The fourth-order valence-electron chi connectivity index (χ4n) is 1.67. The summed E-state index contributed by atoms with van der Waals surface area (Å²) in [5, 5.41) is 21.0. The lowest BCUT2D eigenvalue weighted by Crippen LogP contribution is -2.17. The fourth-order valence-corrected chi connectivity index (χ4v) is 1.91. The summed E-state index contributed by atoms with van der Waals surface area (Å²) in [7, 11) is 0. The number of nitro groups is 2. The third-order valence-electron chi connectivity index (χ3n) is 2.75. The molecule has 0 spiro atoms. The Kier molecular flexibility index (Phi) is 5.27. The van der Waals surface area contributed by atoms with Crippen molar-refractivity contribution in [3.05, 3.63) is 67.7 Å². The molecule has 2 aromatic rings. The first-order valence-corrected chi connectivity index (χ1v) is 6.76. The van der Waals surface area contributed by atoms with Crippen molar-refractivity contribution in [3.63, 3.8) is 0 Å². The summed E-state index contributed by atoms with van der Waals surface area (Å²) in [4.78, 5) is 31.6. The first-order valence-electron chi connectivity index (χ1n) is 6.38. The highest BCUT2D eigenvalue weighted by atomic mass is 35.5. The van der Waals surface area contributed by atoms with E-state index in [1.807, 2.05) is 0 Å². The topological polar surface area (TPSA) is 122 Å². The van der Waals surface area contributed by atoms with E-state index in [1.165, 1.54) is 30.3 Å². The molecular weight excluding hydrogens is 344 g/mol. The summed E-state index contributed by atoms with van der Waals surface area (Å²) >= 11 is 5.70. The number of hydrogen-bond acceptors (Lipinski definition) is 7. The number of ether oxygens (including phenoxy) is 2. The first-order chi connectivity index (χ1) is 11.4. The molecule has 0 amide bonds. The number of hydrogen-bond donors (Lipinski definition) is 0. The number of carbonyl (C=O) groups is 1. The first kappa shape index (κ1) is 17.2. The summed E-state index contributed by atoms with van der Waals surface area (Å²) in [6, 6.07) is 8.63. The van der Waals surface area contributed by atoms with Crippen molar-refractivity contribution in [2.75, 3.05) is 6.61 Å². The highest BCUT2D eigenvalue weighted by Gasteiger charge is 2.14. The van der Waals surface area contributed by atoms with Gasteiger partial charge in [0.1, 0.15) is 16.5 Å². The number of benzene rings is 2. The van der Waals surface area contributed by atoms with E-state index in [-0.39, 0.29) is 27.9 Å². The highest BCUT2D eigenvalue weighted by Crippen LogP contribution is 2.28. The molecule has 0 N–H and O–H groups in total. The van der Waals surface area contributed by atoms with Crippen LogP contribution >= 0.6 is 11.6 Å². The molecule has 10 heteroatoms. The fraction of sp³-hybridized carbons (Fsp3) is 0.0714. The molecule has 0 heterocycles. The van der Waals surface area contributed by atoms with Gasteiger partial charge in [-0.15, -0.1) is 0 Å². The predicted octanol–water partition coefficient (Wildman–Crippen LogP) is 3.14. The normalized spacial score (nSPS) is 10.0. The van der Waals surface area contributed by atoms with E-state index in [1.54, 1.807) is 0 Å². The van der Waals surface area contributed by atoms with Crippen LogP contribution in [0.3, 0.4) is 0 Å². The second-order valence-corrected chi connectivity index (χ2v) is 4.79. The van der Waals surface area contributed by atoms with Gasteiger partial charge in [-0.1, -0.05) is 11.6 Å². The minimum Gasteiger partial charge on any atom is -0.482 e. The van der Waals surface area contributed by atoms with E-state index < -0.39 is 22.4 Å². The Labute approximate surface area is 139 Å². The molecule has 0 bridgehead atoms. The van der Waals surface area contributed by atoms with Gasteiger partial charge < -0.3 is 9.47 Å². The van der Waals surface area contributed by atoms with Crippen molar-refractivity contribution >= 4 is 28.9 Å². The number of nitro benzene ring substituents is 2. The van der Waals surface area contributed by atoms with Gasteiger partial charge >= 0.3 is 5.97 Å². The number of halogens is 1. The van der Waals surface area contributed by atoms with Crippen molar-refractivity contribution in [1.29, 1.82) is 0 Å². The average molecular weight is 353 g/mol. The predicted molar refractivity (Wildman–Crippen MR) is 82.3 cm³/mol. The lowest BCUT2D eigenvalue weighted by atomic mass is 10.3. The van der Waals surface area contributed by atoms with Gasteiger partial charge in [0, 0.05) is 24.3 Å². The molecule has 2 aromatic carbocycles. The van der Waals surface area contributed by atoms with Gasteiger partial charge in [0.15, 0.2) is 6.61 Å². The summed E-state index contributed by atoms with van der Waals surface area (Å²) in [5.74, 6) is -0.486. The van der Waals surface area contributed by atoms with Crippen LogP contribution in [0.5, 0.6) is 11.5 Å². The van der Waals surface area contributed by atoms with Crippen molar-refractivity contribution in [3.8, 4) is 11.5 Å². The highest BCUT2D eigenvalue weighted by molar-refractivity contribution is 6.32. The Morgan fingerprint density at radius 1 is 1.00 bits per heavy atom. The maximum atomic E-state index is 11.7. The number of carbonyl (C=O) groups excluding carboxylic acids is 1. The molecule has 2 rings (SSSR count). The Bertz CT molecular complexity index is 792. The van der Waals surface area contributed by atoms with Gasteiger partial charge in [0.2, 0.25) is 0 Å². The molecular formula is C14H9ClN2O7. The van der Waals surface area contributed by atoms with E-state index >= 15 is 0 Å². The maximum absolute atomic E-state index is 11.7. The Morgan fingerprint density at radius 2 is 1.62 bits per heavy atom. The largest absolute Gasteiger partial charge is 0.482 e. The van der Waals surface area contributed by atoms with Crippen LogP contribution < -0.4 is 9.47 Å². The summed E-state index contributed by atoms with van der Waals surface area (Å²) in [6.45, 7) is -0.452. The zero-order valence-electron chi connectivity index (χ0n) is 11.9. The summed E-state index contributed by atoms with van der Waals surface area (Å²) < 4.78 is 10.1. The van der Waals surface area contributed by atoms with Crippen LogP contribution in [0, 0.1) is 20.2 Å². The second kappa shape index (κ2) is 7.38. The van der Waals surface area contributed by atoms with Crippen LogP contribution in [-0.4, -0.2) is 22.4 Å². The molecule has 0 aliphatic rings. The number of nitrogens with zero attached hydrogens (tertiary/aromatic N) is 2. The summed E-state index contributed by atoms with van der Waals surface area (Å²) in [6.07, 6.45) is 0. The second-order valence-electron chi connectivity index (χ2n) is 4.38. The third-order valence-corrected chi connectivity index (χ3v) is 3.05. The minimum atomic E-state index is -0.765. The molecule has 9 nitrogen and oxygen atoms in total. The molecule has 0 fully saturated rings. The van der Waals surface area contributed by atoms with E-state index in [0.717, 1.165) is 12.1 Å². The van der Waals surface area contributed by atoms with Crippen molar-refractivity contribution < 1.29 is 24.1 Å². The quantitative estimate of drug-likeness (QED) is 0.338.